The highest BCUT2D eigenvalue weighted by molar-refractivity contribution is 5.78. The van der Waals surface area contributed by atoms with Crippen LogP contribution in [-0.4, -0.2) is 43.6 Å². The molecule has 0 aliphatic carbocycles. The summed E-state index contributed by atoms with van der Waals surface area (Å²) < 4.78 is 5.66. The van der Waals surface area contributed by atoms with E-state index in [9.17, 15) is 4.79 Å². The van der Waals surface area contributed by atoms with Gasteiger partial charge in [0.1, 0.15) is 5.75 Å². The minimum Gasteiger partial charge on any atom is -0.493 e. The van der Waals surface area contributed by atoms with Crippen LogP contribution in [0.25, 0.3) is 0 Å². The summed E-state index contributed by atoms with van der Waals surface area (Å²) >= 11 is 0. The molecule has 2 aliphatic rings. The van der Waals surface area contributed by atoms with Gasteiger partial charge >= 0.3 is 0 Å². The Morgan fingerprint density at radius 3 is 2.95 bits per heavy atom. The Morgan fingerprint density at radius 2 is 2.10 bits per heavy atom. The molecule has 1 unspecified atom stereocenters. The van der Waals surface area contributed by atoms with Crippen LogP contribution in [0.4, 0.5) is 0 Å². The fraction of sp³-hybridized carbons (Fsp3) is 0.562. The van der Waals surface area contributed by atoms with Crippen LogP contribution < -0.4 is 10.1 Å². The molecule has 1 N–H and O–H groups in total. The number of carbonyl (C=O) groups is 1. The number of amides is 1. The molecule has 1 saturated heterocycles. The smallest absolute Gasteiger partial charge is 0.236 e. The van der Waals surface area contributed by atoms with Crippen LogP contribution in [0.15, 0.2) is 24.3 Å². The van der Waals surface area contributed by atoms with Gasteiger partial charge in [-0.25, -0.2) is 0 Å². The van der Waals surface area contributed by atoms with Crippen molar-refractivity contribution in [3.63, 3.8) is 0 Å². The van der Waals surface area contributed by atoms with Crippen molar-refractivity contribution in [3.8, 4) is 5.75 Å². The zero-order valence-electron chi connectivity index (χ0n) is 11.8. The number of hydrogen-bond acceptors (Lipinski definition) is 3. The zero-order chi connectivity index (χ0) is 13.8. The first kappa shape index (κ1) is 13.4. The largest absolute Gasteiger partial charge is 0.493 e. The molecule has 0 saturated carbocycles. The summed E-state index contributed by atoms with van der Waals surface area (Å²) in [5, 5.41) is 3.33. The van der Waals surface area contributed by atoms with Gasteiger partial charge in [-0.05, 0) is 30.9 Å². The minimum absolute atomic E-state index is 0.239. The SMILES string of the molecule is O=C(CNCC1CCOc2ccccc21)N1CCCC1. The molecule has 1 aromatic rings. The third-order valence-corrected chi connectivity index (χ3v) is 4.21. The summed E-state index contributed by atoms with van der Waals surface area (Å²) in [6.07, 6.45) is 3.32. The lowest BCUT2D eigenvalue weighted by Gasteiger charge is -2.26. The molecule has 108 valence electrons. The molecule has 1 fully saturated rings. The molecule has 0 bridgehead atoms. The average molecular weight is 274 g/mol. The fourth-order valence-electron chi connectivity index (χ4n) is 3.06. The first-order chi connectivity index (χ1) is 9.84. The lowest BCUT2D eigenvalue weighted by molar-refractivity contribution is -0.129. The van der Waals surface area contributed by atoms with E-state index in [1.54, 1.807) is 0 Å². The van der Waals surface area contributed by atoms with Crippen molar-refractivity contribution in [3.05, 3.63) is 29.8 Å². The molecular formula is C16H22N2O2. The minimum atomic E-state index is 0.239. The number of carbonyl (C=O) groups excluding carboxylic acids is 1. The molecule has 0 radical (unpaired) electrons. The molecule has 2 aliphatic heterocycles. The highest BCUT2D eigenvalue weighted by atomic mass is 16.5. The van der Waals surface area contributed by atoms with E-state index in [1.807, 2.05) is 17.0 Å². The summed E-state index contributed by atoms with van der Waals surface area (Å²) in [6.45, 7) is 3.93. The van der Waals surface area contributed by atoms with Crippen molar-refractivity contribution in [2.45, 2.75) is 25.2 Å². The van der Waals surface area contributed by atoms with Gasteiger partial charge in [0.2, 0.25) is 5.91 Å². The Labute approximate surface area is 120 Å². The van der Waals surface area contributed by atoms with Crippen LogP contribution in [0.5, 0.6) is 5.75 Å². The molecule has 2 heterocycles. The van der Waals surface area contributed by atoms with Gasteiger partial charge in [-0.2, -0.15) is 0 Å². The number of hydrogen-bond donors (Lipinski definition) is 1. The topological polar surface area (TPSA) is 41.6 Å². The van der Waals surface area contributed by atoms with Crippen molar-refractivity contribution < 1.29 is 9.53 Å². The number of benzene rings is 1. The van der Waals surface area contributed by atoms with Gasteiger partial charge in [-0.3, -0.25) is 4.79 Å². The van der Waals surface area contributed by atoms with E-state index in [0.717, 1.165) is 51.3 Å². The molecular weight excluding hydrogens is 252 g/mol. The quantitative estimate of drug-likeness (QED) is 0.909. The number of nitrogens with zero attached hydrogens (tertiary/aromatic N) is 1. The molecule has 20 heavy (non-hydrogen) atoms. The van der Waals surface area contributed by atoms with Crippen molar-refractivity contribution in [2.24, 2.45) is 0 Å². The van der Waals surface area contributed by atoms with Gasteiger partial charge in [0, 0.05) is 25.6 Å². The van der Waals surface area contributed by atoms with Crippen LogP contribution >= 0.6 is 0 Å². The van der Waals surface area contributed by atoms with Crippen molar-refractivity contribution in [2.75, 3.05) is 32.8 Å². The van der Waals surface area contributed by atoms with Gasteiger partial charge in [0.15, 0.2) is 0 Å². The Bertz CT molecular complexity index is 469. The average Bonchev–Trinajstić information content (AvgIpc) is 3.02. The first-order valence-corrected chi connectivity index (χ1v) is 7.55. The number of nitrogens with one attached hydrogen (secondary N) is 1. The monoisotopic (exact) mass is 274 g/mol. The zero-order valence-corrected chi connectivity index (χ0v) is 11.8. The van der Waals surface area contributed by atoms with E-state index < -0.39 is 0 Å². The molecule has 0 aromatic heterocycles. The normalized spacial score (nSPS) is 21.4. The molecule has 4 nitrogen and oxygen atoms in total. The molecule has 0 spiro atoms. The highest BCUT2D eigenvalue weighted by Crippen LogP contribution is 2.32. The van der Waals surface area contributed by atoms with Crippen molar-refractivity contribution in [1.82, 2.24) is 10.2 Å². The Hall–Kier alpha value is -1.55. The van der Waals surface area contributed by atoms with E-state index in [1.165, 1.54) is 5.56 Å². The second kappa shape index (κ2) is 6.27. The van der Waals surface area contributed by atoms with Gasteiger partial charge in [-0.1, -0.05) is 18.2 Å². The van der Waals surface area contributed by atoms with Gasteiger partial charge in [-0.15, -0.1) is 0 Å². The third kappa shape index (κ3) is 2.96. The summed E-state index contributed by atoms with van der Waals surface area (Å²) in [7, 11) is 0. The van der Waals surface area contributed by atoms with E-state index in [0.29, 0.717) is 12.5 Å². The fourth-order valence-corrected chi connectivity index (χ4v) is 3.06. The third-order valence-electron chi connectivity index (χ3n) is 4.21. The molecule has 1 atom stereocenters. The van der Waals surface area contributed by atoms with E-state index >= 15 is 0 Å². The number of para-hydroxylation sites is 1. The summed E-state index contributed by atoms with van der Waals surface area (Å²) in [5.74, 6) is 1.69. The van der Waals surface area contributed by atoms with E-state index in [2.05, 4.69) is 17.4 Å². The Balaban J connectivity index is 1.50. The maximum Gasteiger partial charge on any atom is 0.236 e. The van der Waals surface area contributed by atoms with Crippen LogP contribution in [0.3, 0.4) is 0 Å². The summed E-state index contributed by atoms with van der Waals surface area (Å²) in [6, 6.07) is 8.21. The van der Waals surface area contributed by atoms with Gasteiger partial charge < -0.3 is 15.0 Å². The highest BCUT2D eigenvalue weighted by Gasteiger charge is 2.22. The maximum absolute atomic E-state index is 12.0. The predicted octanol–water partition coefficient (Wildman–Crippen LogP) is 1.76. The number of ether oxygens (including phenoxy) is 1. The number of likely N-dealkylation sites (tertiary alicyclic amines) is 1. The Kier molecular flexibility index (Phi) is 4.21. The number of fused-ring (bicyclic) bond motifs is 1. The Morgan fingerprint density at radius 1 is 1.30 bits per heavy atom. The first-order valence-electron chi connectivity index (χ1n) is 7.55. The van der Waals surface area contributed by atoms with Crippen molar-refractivity contribution in [1.29, 1.82) is 0 Å². The van der Waals surface area contributed by atoms with Crippen molar-refractivity contribution >= 4 is 5.91 Å². The van der Waals surface area contributed by atoms with Crippen LogP contribution in [0, 0.1) is 0 Å². The summed E-state index contributed by atoms with van der Waals surface area (Å²) in [4.78, 5) is 13.9. The molecule has 1 aromatic carbocycles. The lowest BCUT2D eigenvalue weighted by atomic mass is 9.93. The summed E-state index contributed by atoms with van der Waals surface area (Å²) in [5.41, 5.74) is 1.26. The van der Waals surface area contributed by atoms with Crippen LogP contribution in [-0.2, 0) is 4.79 Å². The molecule has 1 amide bonds. The standard InChI is InChI=1S/C16H22N2O2/c19-16(18-8-3-4-9-18)12-17-11-13-7-10-20-15-6-2-1-5-14(13)15/h1-2,5-6,13,17H,3-4,7-12H2. The second-order valence-electron chi connectivity index (χ2n) is 5.59. The van der Waals surface area contributed by atoms with Crippen LogP contribution in [0.2, 0.25) is 0 Å². The van der Waals surface area contributed by atoms with Gasteiger partial charge in [0.05, 0.1) is 13.2 Å². The second-order valence-corrected chi connectivity index (χ2v) is 5.59. The predicted molar refractivity (Wildman–Crippen MR) is 78.0 cm³/mol. The molecule has 3 rings (SSSR count). The van der Waals surface area contributed by atoms with Gasteiger partial charge in [0.25, 0.3) is 0 Å². The van der Waals surface area contributed by atoms with E-state index in [-0.39, 0.29) is 5.91 Å². The lowest BCUT2D eigenvalue weighted by Crippen LogP contribution is -2.38. The number of rotatable bonds is 4. The van der Waals surface area contributed by atoms with E-state index in [4.69, 9.17) is 4.74 Å². The maximum atomic E-state index is 12.0. The molecule has 4 heteroatoms. The van der Waals surface area contributed by atoms with Crippen LogP contribution in [0.1, 0.15) is 30.7 Å².